The summed E-state index contributed by atoms with van der Waals surface area (Å²) in [5, 5.41) is 0.504. The number of fused-ring (bicyclic) bond motifs is 1. The van der Waals surface area contributed by atoms with Crippen LogP contribution in [0.1, 0.15) is 26.7 Å². The number of ether oxygens (including phenoxy) is 2. The Balaban J connectivity index is 1.22. The molecule has 0 saturated carbocycles. The van der Waals surface area contributed by atoms with Crippen molar-refractivity contribution >= 4 is 27.4 Å². The van der Waals surface area contributed by atoms with E-state index in [2.05, 4.69) is 21.8 Å². The van der Waals surface area contributed by atoms with Crippen LogP contribution < -0.4 is 14.4 Å². The van der Waals surface area contributed by atoms with Gasteiger partial charge in [0.2, 0.25) is 21.2 Å². The first-order chi connectivity index (χ1) is 16.7. The summed E-state index contributed by atoms with van der Waals surface area (Å²) in [6, 6.07) is 9.78. The Kier molecular flexibility index (Phi) is 6.31. The van der Waals surface area contributed by atoms with E-state index in [4.69, 9.17) is 21.1 Å². The summed E-state index contributed by atoms with van der Waals surface area (Å²) < 4.78 is 50.6. The lowest BCUT2D eigenvalue weighted by atomic mass is 9.92. The van der Waals surface area contributed by atoms with Crippen LogP contribution in [0.25, 0.3) is 11.1 Å². The molecule has 2 aromatic carbocycles. The van der Waals surface area contributed by atoms with Gasteiger partial charge in [-0.05, 0) is 68.0 Å². The van der Waals surface area contributed by atoms with Crippen molar-refractivity contribution in [3.63, 3.8) is 0 Å². The number of piperidine rings is 1. The SMILES string of the molecule is C[C@@H]1Oc2cc(-c3ccc(OC[C@H]4CCN(c5ncc(Cl)cn5)[C@@H](C)C4)c(F)c3)ccc2S1(=O)=O. The molecule has 0 spiro atoms. The highest BCUT2D eigenvalue weighted by molar-refractivity contribution is 7.92. The van der Waals surface area contributed by atoms with Crippen molar-refractivity contribution in [1.82, 2.24) is 9.97 Å². The van der Waals surface area contributed by atoms with E-state index in [1.807, 2.05) is 0 Å². The van der Waals surface area contributed by atoms with Crippen LogP contribution in [-0.4, -0.2) is 43.0 Å². The third-order valence-electron chi connectivity index (χ3n) is 6.57. The van der Waals surface area contributed by atoms with Gasteiger partial charge in [0.25, 0.3) is 0 Å². The number of anilines is 1. The zero-order valence-corrected chi connectivity index (χ0v) is 20.9. The summed E-state index contributed by atoms with van der Waals surface area (Å²) in [5.41, 5.74) is 0.362. The van der Waals surface area contributed by atoms with Gasteiger partial charge < -0.3 is 14.4 Å². The molecule has 3 atom stereocenters. The molecule has 184 valence electrons. The molecule has 3 heterocycles. The lowest BCUT2D eigenvalue weighted by Crippen LogP contribution is -2.43. The van der Waals surface area contributed by atoms with Crippen LogP contribution in [0, 0.1) is 11.7 Å². The smallest absolute Gasteiger partial charge is 0.225 e. The Morgan fingerprint density at radius 1 is 1.14 bits per heavy atom. The monoisotopic (exact) mass is 517 g/mol. The fourth-order valence-corrected chi connectivity index (χ4v) is 5.94. The van der Waals surface area contributed by atoms with E-state index in [-0.39, 0.29) is 22.6 Å². The molecular weight excluding hydrogens is 493 g/mol. The standard InChI is InChI=1S/C25H25ClFN3O4S/c1-15-9-17(7-8-30(15)25-28-12-20(26)13-29-25)14-33-22-5-3-18(10-21(22)27)19-4-6-24-23(11-19)34-16(2)35(24,31)32/h3-6,10-13,15-17H,7-9,14H2,1-2H3/t15-,16+,17-/m0/s1. The number of sulfone groups is 1. The average Bonchev–Trinajstić information content (AvgIpc) is 3.06. The molecule has 2 aliphatic rings. The molecule has 1 saturated heterocycles. The summed E-state index contributed by atoms with van der Waals surface area (Å²) in [4.78, 5) is 10.9. The summed E-state index contributed by atoms with van der Waals surface area (Å²) in [6.45, 7) is 4.81. The number of nitrogens with zero attached hydrogens (tertiary/aromatic N) is 3. The highest BCUT2D eigenvalue weighted by atomic mass is 35.5. The molecule has 1 fully saturated rings. The van der Waals surface area contributed by atoms with Crippen LogP contribution in [0.3, 0.4) is 0 Å². The van der Waals surface area contributed by atoms with Crippen molar-refractivity contribution < 1.29 is 22.3 Å². The van der Waals surface area contributed by atoms with Crippen LogP contribution >= 0.6 is 11.6 Å². The first kappa shape index (κ1) is 23.8. The molecule has 10 heteroatoms. The quantitative estimate of drug-likeness (QED) is 0.464. The number of hydrogen-bond acceptors (Lipinski definition) is 7. The van der Waals surface area contributed by atoms with Crippen LogP contribution in [0.4, 0.5) is 10.3 Å². The van der Waals surface area contributed by atoms with E-state index >= 15 is 0 Å². The Hall–Kier alpha value is -2.91. The molecular formula is C25H25ClFN3O4S. The number of aromatic nitrogens is 2. The number of benzene rings is 2. The van der Waals surface area contributed by atoms with Gasteiger partial charge in [0.1, 0.15) is 10.6 Å². The minimum Gasteiger partial charge on any atom is -0.490 e. The Bertz CT molecular complexity index is 1350. The zero-order valence-electron chi connectivity index (χ0n) is 19.3. The first-order valence-electron chi connectivity index (χ1n) is 11.4. The molecule has 0 unspecified atom stereocenters. The lowest BCUT2D eigenvalue weighted by molar-refractivity contribution is 0.202. The molecule has 0 radical (unpaired) electrons. The third-order valence-corrected chi connectivity index (χ3v) is 8.68. The number of halogens is 2. The van der Waals surface area contributed by atoms with Gasteiger partial charge in [-0.25, -0.2) is 22.8 Å². The summed E-state index contributed by atoms with van der Waals surface area (Å²) in [5.74, 6) is 0.959. The molecule has 35 heavy (non-hydrogen) atoms. The van der Waals surface area contributed by atoms with Crippen molar-refractivity contribution in [2.24, 2.45) is 5.92 Å². The molecule has 0 amide bonds. The summed E-state index contributed by atoms with van der Waals surface area (Å²) in [7, 11) is -3.47. The Morgan fingerprint density at radius 2 is 1.86 bits per heavy atom. The molecule has 2 aliphatic heterocycles. The molecule has 0 bridgehead atoms. The largest absolute Gasteiger partial charge is 0.490 e. The third kappa shape index (κ3) is 4.67. The minimum absolute atomic E-state index is 0.164. The number of hydrogen-bond donors (Lipinski definition) is 0. The van der Waals surface area contributed by atoms with Crippen molar-refractivity contribution in [2.75, 3.05) is 18.1 Å². The maximum atomic E-state index is 14.9. The average molecular weight is 518 g/mol. The predicted octanol–water partition coefficient (Wildman–Crippen LogP) is 5.13. The van der Waals surface area contributed by atoms with Crippen LogP contribution in [0.5, 0.6) is 11.5 Å². The van der Waals surface area contributed by atoms with Crippen molar-refractivity contribution in [2.45, 2.75) is 43.1 Å². The van der Waals surface area contributed by atoms with Gasteiger partial charge in [-0.2, -0.15) is 0 Å². The van der Waals surface area contributed by atoms with Crippen molar-refractivity contribution in [3.05, 3.63) is 59.6 Å². The van der Waals surface area contributed by atoms with Gasteiger partial charge >= 0.3 is 0 Å². The minimum atomic E-state index is -3.47. The van der Waals surface area contributed by atoms with E-state index in [9.17, 15) is 12.8 Å². The fourth-order valence-electron chi connectivity index (χ4n) is 4.61. The Morgan fingerprint density at radius 3 is 2.57 bits per heavy atom. The van der Waals surface area contributed by atoms with Gasteiger partial charge in [-0.1, -0.05) is 23.7 Å². The van der Waals surface area contributed by atoms with E-state index in [1.165, 1.54) is 19.1 Å². The van der Waals surface area contributed by atoms with Gasteiger partial charge in [-0.15, -0.1) is 0 Å². The normalized spacial score (nSPS) is 23.0. The zero-order chi connectivity index (χ0) is 24.7. The maximum Gasteiger partial charge on any atom is 0.225 e. The predicted molar refractivity (Wildman–Crippen MR) is 131 cm³/mol. The maximum absolute atomic E-state index is 14.9. The van der Waals surface area contributed by atoms with Gasteiger partial charge in [0.15, 0.2) is 11.6 Å². The van der Waals surface area contributed by atoms with Crippen molar-refractivity contribution in [1.29, 1.82) is 0 Å². The van der Waals surface area contributed by atoms with E-state index in [1.54, 1.807) is 36.7 Å². The van der Waals surface area contributed by atoms with E-state index < -0.39 is 21.1 Å². The summed E-state index contributed by atoms with van der Waals surface area (Å²) in [6.07, 6.45) is 4.95. The second-order valence-electron chi connectivity index (χ2n) is 8.98. The van der Waals surface area contributed by atoms with E-state index in [0.29, 0.717) is 34.5 Å². The molecule has 0 aliphatic carbocycles. The number of rotatable bonds is 5. The molecule has 3 aromatic rings. The van der Waals surface area contributed by atoms with Gasteiger partial charge in [0.05, 0.1) is 24.0 Å². The van der Waals surface area contributed by atoms with Gasteiger partial charge in [-0.3, -0.25) is 0 Å². The fraction of sp³-hybridized carbons (Fsp3) is 0.360. The van der Waals surface area contributed by atoms with Crippen LogP contribution in [0.2, 0.25) is 5.02 Å². The highest BCUT2D eigenvalue weighted by Gasteiger charge is 2.35. The van der Waals surface area contributed by atoms with Gasteiger partial charge in [0, 0.05) is 12.6 Å². The first-order valence-corrected chi connectivity index (χ1v) is 13.4. The Labute approximate surface area is 208 Å². The molecule has 5 rings (SSSR count). The molecule has 7 nitrogen and oxygen atoms in total. The van der Waals surface area contributed by atoms with Crippen LogP contribution in [0.15, 0.2) is 53.7 Å². The topological polar surface area (TPSA) is 81.6 Å². The lowest BCUT2D eigenvalue weighted by Gasteiger charge is -2.37. The summed E-state index contributed by atoms with van der Waals surface area (Å²) >= 11 is 5.89. The second kappa shape index (κ2) is 9.28. The molecule has 1 aromatic heterocycles. The van der Waals surface area contributed by atoms with E-state index in [0.717, 1.165) is 19.4 Å². The highest BCUT2D eigenvalue weighted by Crippen LogP contribution is 2.39. The molecule has 0 N–H and O–H groups in total. The second-order valence-corrected chi connectivity index (χ2v) is 11.6. The van der Waals surface area contributed by atoms with Crippen LogP contribution in [-0.2, 0) is 9.84 Å². The van der Waals surface area contributed by atoms with Crippen molar-refractivity contribution in [3.8, 4) is 22.6 Å².